The summed E-state index contributed by atoms with van der Waals surface area (Å²) in [6.07, 6.45) is 1.63. The highest BCUT2D eigenvalue weighted by Crippen LogP contribution is 2.34. The maximum Gasteiger partial charge on any atom is 0.344 e. The predicted octanol–water partition coefficient (Wildman–Crippen LogP) is 6.54. The molecule has 0 unspecified atom stereocenters. The molecule has 0 saturated carbocycles. The number of carbonyl (C=O) groups is 1. The molecule has 0 amide bonds. The number of halogens is 2. The molecule has 4 rings (SSSR count). The molecule has 8 nitrogen and oxygen atoms in total. The molecule has 0 fully saturated rings. The zero-order chi connectivity index (χ0) is 29.0. The second-order valence-electron chi connectivity index (χ2n) is 9.29. The van der Waals surface area contributed by atoms with Gasteiger partial charge in [0.1, 0.15) is 11.5 Å². The molecule has 0 spiro atoms. The summed E-state index contributed by atoms with van der Waals surface area (Å²) in [6, 6.07) is 15.0. The van der Waals surface area contributed by atoms with Crippen LogP contribution in [0.15, 0.2) is 58.4 Å². The number of aryl methyl sites for hydroxylation is 1. The molecule has 1 aromatic heterocycles. The summed E-state index contributed by atoms with van der Waals surface area (Å²) in [5.74, 6) is 1.60. The fraction of sp³-hybridized carbons (Fsp3) is 0.267. The van der Waals surface area contributed by atoms with Gasteiger partial charge in [0.2, 0.25) is 0 Å². The van der Waals surface area contributed by atoms with E-state index in [1.165, 1.54) is 4.68 Å². The number of benzene rings is 3. The molecule has 1 heterocycles. The van der Waals surface area contributed by atoms with Gasteiger partial charge in [-0.1, -0.05) is 26.0 Å². The highest BCUT2D eigenvalue weighted by Gasteiger charge is 2.18. The van der Waals surface area contributed by atoms with E-state index in [4.69, 9.17) is 19.2 Å². The molecule has 0 atom stereocenters. The van der Waals surface area contributed by atoms with E-state index in [1.807, 2.05) is 49.4 Å². The van der Waals surface area contributed by atoms with Gasteiger partial charge in [-0.05, 0) is 118 Å². The molecular weight excluding hydrogens is 736 g/mol. The van der Waals surface area contributed by atoms with Crippen LogP contribution in [0, 0.1) is 14.1 Å². The highest BCUT2D eigenvalue weighted by atomic mass is 127. The first-order chi connectivity index (χ1) is 19.1. The van der Waals surface area contributed by atoms with E-state index in [9.17, 15) is 9.59 Å². The predicted molar refractivity (Wildman–Crippen MR) is 174 cm³/mol. The van der Waals surface area contributed by atoms with Gasteiger partial charge in [-0.15, -0.1) is 0 Å². The SMILES string of the molecule is CCOC(=O)COc1c(I)cc(C=Nn2c(-c3cc(C(C)C)c(OC)cc3C)nc3ccccc3c2=O)cc1I. The average molecular weight is 765 g/mol. The van der Waals surface area contributed by atoms with Crippen molar-refractivity contribution in [3.05, 3.63) is 82.7 Å². The summed E-state index contributed by atoms with van der Waals surface area (Å²) in [5, 5.41) is 5.11. The number of hydrogen-bond donors (Lipinski definition) is 0. The van der Waals surface area contributed by atoms with Gasteiger partial charge in [-0.25, -0.2) is 9.78 Å². The van der Waals surface area contributed by atoms with E-state index >= 15 is 0 Å². The van der Waals surface area contributed by atoms with Crippen LogP contribution >= 0.6 is 45.2 Å². The standard InChI is InChI=1S/C30H29I2N3O5/c1-6-39-27(36)16-40-28-23(31)12-19(13-24(28)32)15-33-35-29(34-25-10-8-7-9-20(25)30(35)37)22-14-21(17(2)3)26(38-5)11-18(22)4/h7-15,17H,6,16H2,1-5H3. The molecule has 0 saturated heterocycles. The molecule has 0 aliphatic heterocycles. The molecule has 10 heteroatoms. The lowest BCUT2D eigenvalue weighted by Gasteiger charge is -2.17. The Hall–Kier alpha value is -3.00. The molecule has 0 N–H and O–H groups in total. The van der Waals surface area contributed by atoms with Crippen molar-refractivity contribution < 1.29 is 19.0 Å². The second kappa shape index (κ2) is 13.1. The van der Waals surface area contributed by atoms with Crippen molar-refractivity contribution in [3.8, 4) is 22.9 Å². The van der Waals surface area contributed by atoms with Crippen LogP contribution < -0.4 is 15.0 Å². The van der Waals surface area contributed by atoms with E-state index in [-0.39, 0.29) is 18.1 Å². The summed E-state index contributed by atoms with van der Waals surface area (Å²) in [5.41, 5.74) is 3.83. The maximum absolute atomic E-state index is 13.7. The average Bonchev–Trinajstić information content (AvgIpc) is 2.91. The van der Waals surface area contributed by atoms with Crippen molar-refractivity contribution in [1.29, 1.82) is 0 Å². The summed E-state index contributed by atoms with van der Waals surface area (Å²) < 4.78 is 19.2. The van der Waals surface area contributed by atoms with Crippen LogP contribution in [0.4, 0.5) is 0 Å². The molecule has 0 radical (unpaired) electrons. The van der Waals surface area contributed by atoms with Crippen LogP contribution in [0.2, 0.25) is 0 Å². The topological polar surface area (TPSA) is 92.0 Å². The van der Waals surface area contributed by atoms with Gasteiger partial charge in [0.15, 0.2) is 12.4 Å². The van der Waals surface area contributed by atoms with E-state index in [0.717, 1.165) is 35.1 Å². The van der Waals surface area contributed by atoms with Crippen LogP contribution in [-0.4, -0.2) is 42.2 Å². The van der Waals surface area contributed by atoms with Gasteiger partial charge in [-0.3, -0.25) is 4.79 Å². The zero-order valence-electron chi connectivity index (χ0n) is 22.8. The van der Waals surface area contributed by atoms with Crippen molar-refractivity contribution in [2.45, 2.75) is 33.6 Å². The fourth-order valence-electron chi connectivity index (χ4n) is 4.22. The largest absolute Gasteiger partial charge is 0.496 e. The van der Waals surface area contributed by atoms with Crippen molar-refractivity contribution in [1.82, 2.24) is 9.66 Å². The number of esters is 1. The van der Waals surface area contributed by atoms with Crippen LogP contribution in [0.25, 0.3) is 22.3 Å². The lowest BCUT2D eigenvalue weighted by molar-refractivity contribution is -0.145. The van der Waals surface area contributed by atoms with E-state index in [1.54, 1.807) is 26.3 Å². The van der Waals surface area contributed by atoms with Crippen LogP contribution in [-0.2, 0) is 9.53 Å². The van der Waals surface area contributed by atoms with Crippen molar-refractivity contribution in [2.75, 3.05) is 20.3 Å². The monoisotopic (exact) mass is 765 g/mol. The number of rotatable bonds is 9. The first-order valence-electron chi connectivity index (χ1n) is 12.7. The van der Waals surface area contributed by atoms with Gasteiger partial charge in [0.05, 0.1) is 38.0 Å². The van der Waals surface area contributed by atoms with Crippen molar-refractivity contribution in [3.63, 3.8) is 0 Å². The first-order valence-corrected chi connectivity index (χ1v) is 14.8. The quantitative estimate of drug-likeness (QED) is 0.109. The summed E-state index contributed by atoms with van der Waals surface area (Å²) in [4.78, 5) is 30.3. The molecule has 0 bridgehead atoms. The van der Waals surface area contributed by atoms with Crippen LogP contribution in [0.5, 0.6) is 11.5 Å². The number of carbonyl (C=O) groups excluding carboxylic acids is 1. The van der Waals surface area contributed by atoms with Crippen molar-refractivity contribution >= 4 is 68.3 Å². The Bertz CT molecular complexity index is 1640. The number of hydrogen-bond acceptors (Lipinski definition) is 7. The Morgan fingerprint density at radius 2 is 1.82 bits per heavy atom. The Morgan fingerprint density at radius 3 is 2.48 bits per heavy atom. The lowest BCUT2D eigenvalue weighted by atomic mass is 9.96. The zero-order valence-corrected chi connectivity index (χ0v) is 27.1. The third-order valence-electron chi connectivity index (χ3n) is 6.18. The number of para-hydroxylation sites is 1. The molecular formula is C30H29I2N3O5. The third-order valence-corrected chi connectivity index (χ3v) is 7.78. The molecule has 40 heavy (non-hydrogen) atoms. The van der Waals surface area contributed by atoms with E-state index in [0.29, 0.717) is 29.1 Å². The second-order valence-corrected chi connectivity index (χ2v) is 11.6. The number of nitrogens with zero attached hydrogens (tertiary/aromatic N) is 3. The van der Waals surface area contributed by atoms with Gasteiger partial charge in [-0.2, -0.15) is 9.78 Å². The summed E-state index contributed by atoms with van der Waals surface area (Å²) in [6.45, 7) is 8.04. The Kier molecular flexibility index (Phi) is 9.82. The summed E-state index contributed by atoms with van der Waals surface area (Å²) >= 11 is 4.31. The minimum Gasteiger partial charge on any atom is -0.496 e. The first kappa shape index (κ1) is 30.0. The van der Waals surface area contributed by atoms with Gasteiger partial charge < -0.3 is 14.2 Å². The smallest absolute Gasteiger partial charge is 0.344 e. The Balaban J connectivity index is 1.82. The number of methoxy groups -OCH3 is 1. The summed E-state index contributed by atoms with van der Waals surface area (Å²) in [7, 11) is 1.66. The minimum absolute atomic E-state index is 0.172. The van der Waals surface area contributed by atoms with E-state index in [2.05, 4.69) is 64.1 Å². The Labute approximate surface area is 260 Å². The number of aromatic nitrogens is 2. The number of fused-ring (bicyclic) bond motifs is 1. The maximum atomic E-state index is 13.7. The molecule has 208 valence electrons. The molecule has 0 aliphatic rings. The fourth-order valence-corrected chi connectivity index (χ4v) is 6.35. The van der Waals surface area contributed by atoms with Gasteiger partial charge in [0.25, 0.3) is 5.56 Å². The van der Waals surface area contributed by atoms with Crippen LogP contribution in [0.3, 0.4) is 0 Å². The molecule has 3 aromatic carbocycles. The van der Waals surface area contributed by atoms with Crippen LogP contribution in [0.1, 0.15) is 43.4 Å². The number of ether oxygens (including phenoxy) is 3. The van der Waals surface area contributed by atoms with Crippen molar-refractivity contribution in [2.24, 2.45) is 5.10 Å². The lowest BCUT2D eigenvalue weighted by Crippen LogP contribution is -2.21. The molecule has 4 aromatic rings. The normalized spacial score (nSPS) is 11.4. The minimum atomic E-state index is -0.426. The third kappa shape index (κ3) is 6.48. The van der Waals surface area contributed by atoms with Gasteiger partial charge in [0, 0.05) is 5.56 Å². The van der Waals surface area contributed by atoms with Gasteiger partial charge >= 0.3 is 5.97 Å². The highest BCUT2D eigenvalue weighted by molar-refractivity contribution is 14.1. The molecule has 0 aliphatic carbocycles. The van der Waals surface area contributed by atoms with E-state index < -0.39 is 5.97 Å². The Morgan fingerprint density at radius 1 is 1.12 bits per heavy atom.